The second-order valence-electron chi connectivity index (χ2n) is 3.64. The Hall–Kier alpha value is -1.85. The lowest BCUT2D eigenvalue weighted by atomic mass is 10.0. The van der Waals surface area contributed by atoms with Gasteiger partial charge in [-0.1, -0.05) is 12.1 Å². The fourth-order valence-corrected chi connectivity index (χ4v) is 1.78. The molecule has 1 heterocycles. The monoisotopic (exact) mass is 243 g/mol. The molecular formula is C11H8F3NO2. The van der Waals surface area contributed by atoms with Gasteiger partial charge in [-0.25, -0.2) is 0 Å². The highest BCUT2D eigenvalue weighted by atomic mass is 19.4. The van der Waals surface area contributed by atoms with Crippen LogP contribution in [0, 0.1) is 0 Å². The van der Waals surface area contributed by atoms with Gasteiger partial charge in [-0.05, 0) is 12.1 Å². The average molecular weight is 243 g/mol. The molecule has 0 N–H and O–H groups in total. The molecular weight excluding hydrogens is 235 g/mol. The summed E-state index contributed by atoms with van der Waals surface area (Å²) in [5.74, 6) is -2.18. The number of Topliss-reactive ketones (excluding diaryl/α,β-unsaturated/α-hetero) is 1. The number of hydrogen-bond donors (Lipinski definition) is 0. The van der Waals surface area contributed by atoms with Gasteiger partial charge in [-0.3, -0.25) is 9.59 Å². The Morgan fingerprint density at radius 3 is 2.53 bits per heavy atom. The van der Waals surface area contributed by atoms with Crippen LogP contribution < -0.4 is 4.90 Å². The number of alkyl halides is 3. The van der Waals surface area contributed by atoms with Crippen molar-refractivity contribution in [2.24, 2.45) is 0 Å². The zero-order chi connectivity index (χ0) is 12.6. The number of carbonyl (C=O) groups excluding carboxylic acids is 2. The van der Waals surface area contributed by atoms with Crippen LogP contribution in [0.4, 0.5) is 18.9 Å². The molecule has 1 aliphatic rings. The molecule has 0 atom stereocenters. The highest BCUT2D eigenvalue weighted by Crippen LogP contribution is 2.30. The molecule has 0 bridgehead atoms. The highest BCUT2D eigenvalue weighted by Gasteiger charge is 2.44. The minimum absolute atomic E-state index is 0.0334. The van der Waals surface area contributed by atoms with Crippen LogP contribution in [0.1, 0.15) is 16.8 Å². The maximum Gasteiger partial charge on any atom is 0.471 e. The first-order chi connectivity index (χ1) is 7.91. The molecule has 90 valence electrons. The number of amides is 1. The number of fused-ring (bicyclic) bond motifs is 1. The Bertz CT molecular complexity index is 482. The third-order valence-corrected chi connectivity index (χ3v) is 2.55. The van der Waals surface area contributed by atoms with Crippen molar-refractivity contribution in [3.8, 4) is 0 Å². The van der Waals surface area contributed by atoms with Crippen LogP contribution in [0.15, 0.2) is 24.3 Å². The summed E-state index contributed by atoms with van der Waals surface area (Å²) in [6.45, 7) is -0.228. The molecule has 0 saturated heterocycles. The van der Waals surface area contributed by atoms with Crippen LogP contribution in [0.2, 0.25) is 0 Å². The predicted octanol–water partition coefficient (Wildman–Crippen LogP) is 2.17. The first-order valence-electron chi connectivity index (χ1n) is 4.92. The van der Waals surface area contributed by atoms with E-state index in [1.54, 1.807) is 6.07 Å². The molecule has 6 heteroatoms. The van der Waals surface area contributed by atoms with Gasteiger partial charge in [-0.15, -0.1) is 0 Å². The van der Waals surface area contributed by atoms with Gasteiger partial charge in [0.1, 0.15) is 0 Å². The van der Waals surface area contributed by atoms with Crippen molar-refractivity contribution < 1.29 is 22.8 Å². The molecule has 0 aromatic heterocycles. The Morgan fingerprint density at radius 2 is 1.88 bits per heavy atom. The maximum absolute atomic E-state index is 12.3. The van der Waals surface area contributed by atoms with Crippen LogP contribution in [-0.4, -0.2) is 24.4 Å². The minimum Gasteiger partial charge on any atom is -0.303 e. The second kappa shape index (κ2) is 3.87. The largest absolute Gasteiger partial charge is 0.471 e. The van der Waals surface area contributed by atoms with E-state index in [1.807, 2.05) is 0 Å². The molecule has 1 aromatic carbocycles. The molecule has 1 amide bonds. The summed E-state index contributed by atoms with van der Waals surface area (Å²) < 4.78 is 37.0. The smallest absolute Gasteiger partial charge is 0.303 e. The quantitative estimate of drug-likeness (QED) is 0.700. The number of anilines is 1. The minimum atomic E-state index is -4.92. The van der Waals surface area contributed by atoms with E-state index in [0.717, 1.165) is 0 Å². The van der Waals surface area contributed by atoms with Gasteiger partial charge in [0.05, 0.1) is 5.69 Å². The molecule has 17 heavy (non-hydrogen) atoms. The number of benzene rings is 1. The highest BCUT2D eigenvalue weighted by molar-refractivity contribution is 6.09. The van der Waals surface area contributed by atoms with Gasteiger partial charge in [0.25, 0.3) is 0 Å². The fourth-order valence-electron chi connectivity index (χ4n) is 1.78. The maximum atomic E-state index is 12.3. The van der Waals surface area contributed by atoms with E-state index in [9.17, 15) is 22.8 Å². The van der Waals surface area contributed by atoms with Crippen LogP contribution in [0.25, 0.3) is 0 Å². The van der Waals surface area contributed by atoms with Gasteiger partial charge in [0, 0.05) is 18.5 Å². The number of nitrogens with zero attached hydrogens (tertiary/aromatic N) is 1. The Labute approximate surface area is 94.8 Å². The predicted molar refractivity (Wildman–Crippen MR) is 53.8 cm³/mol. The van der Waals surface area contributed by atoms with E-state index in [1.165, 1.54) is 18.2 Å². The lowest BCUT2D eigenvalue weighted by Gasteiger charge is -2.29. The van der Waals surface area contributed by atoms with Crippen molar-refractivity contribution in [1.82, 2.24) is 0 Å². The van der Waals surface area contributed by atoms with E-state index in [2.05, 4.69) is 0 Å². The standard InChI is InChI=1S/C11H8F3NO2/c12-11(13,14)10(17)15-6-5-9(16)7-3-1-2-4-8(7)15/h1-4H,5-6H2. The van der Waals surface area contributed by atoms with Crippen molar-refractivity contribution in [2.75, 3.05) is 11.4 Å². The average Bonchev–Trinajstić information content (AvgIpc) is 2.28. The first kappa shape index (κ1) is 11.6. The molecule has 2 rings (SSSR count). The zero-order valence-corrected chi connectivity index (χ0v) is 8.62. The lowest BCUT2D eigenvalue weighted by molar-refractivity contribution is -0.170. The van der Waals surface area contributed by atoms with Crippen LogP contribution in [-0.2, 0) is 4.79 Å². The first-order valence-corrected chi connectivity index (χ1v) is 4.92. The van der Waals surface area contributed by atoms with Crippen molar-refractivity contribution in [1.29, 1.82) is 0 Å². The van der Waals surface area contributed by atoms with Crippen molar-refractivity contribution in [2.45, 2.75) is 12.6 Å². The molecule has 0 spiro atoms. The number of rotatable bonds is 0. The summed E-state index contributed by atoms with van der Waals surface area (Å²) in [5.41, 5.74) is 0.197. The number of para-hydroxylation sites is 1. The Morgan fingerprint density at radius 1 is 1.24 bits per heavy atom. The van der Waals surface area contributed by atoms with Crippen molar-refractivity contribution >= 4 is 17.4 Å². The summed E-state index contributed by atoms with van der Waals surface area (Å²) in [6.07, 6.45) is -5.01. The molecule has 0 fully saturated rings. The fraction of sp³-hybridized carbons (Fsp3) is 0.273. The summed E-state index contributed by atoms with van der Waals surface area (Å²) in [5, 5.41) is 0. The topological polar surface area (TPSA) is 37.4 Å². The third-order valence-electron chi connectivity index (χ3n) is 2.55. The van der Waals surface area contributed by atoms with E-state index in [4.69, 9.17) is 0 Å². The molecule has 0 saturated carbocycles. The number of halogens is 3. The van der Waals surface area contributed by atoms with E-state index >= 15 is 0 Å². The summed E-state index contributed by atoms with van der Waals surface area (Å²) >= 11 is 0. The van der Waals surface area contributed by atoms with Gasteiger partial charge in [0.15, 0.2) is 5.78 Å². The zero-order valence-electron chi connectivity index (χ0n) is 8.62. The van der Waals surface area contributed by atoms with Crippen molar-refractivity contribution in [3.05, 3.63) is 29.8 Å². The van der Waals surface area contributed by atoms with Crippen molar-refractivity contribution in [3.63, 3.8) is 0 Å². The Balaban J connectivity index is 2.44. The number of carbonyl (C=O) groups is 2. The summed E-state index contributed by atoms with van der Waals surface area (Å²) in [6, 6.07) is 5.82. The Kier molecular flexibility index (Phi) is 2.65. The number of hydrogen-bond acceptors (Lipinski definition) is 2. The molecule has 0 aliphatic carbocycles. The molecule has 1 aromatic rings. The van der Waals surface area contributed by atoms with Crippen LogP contribution in [0.3, 0.4) is 0 Å². The molecule has 0 radical (unpaired) electrons. The van der Waals surface area contributed by atoms with Gasteiger partial charge in [0.2, 0.25) is 0 Å². The lowest BCUT2D eigenvalue weighted by Crippen LogP contribution is -2.44. The summed E-state index contributed by atoms with van der Waals surface area (Å²) in [4.78, 5) is 23.3. The SMILES string of the molecule is O=C1CCN(C(=O)C(F)(F)F)c2ccccc21. The third kappa shape index (κ3) is 2.02. The van der Waals surface area contributed by atoms with Crippen LogP contribution in [0.5, 0.6) is 0 Å². The van der Waals surface area contributed by atoms with Gasteiger partial charge >= 0.3 is 12.1 Å². The summed E-state index contributed by atoms with van der Waals surface area (Å²) in [7, 11) is 0. The van der Waals surface area contributed by atoms with Crippen LogP contribution >= 0.6 is 0 Å². The van der Waals surface area contributed by atoms with E-state index < -0.39 is 12.1 Å². The number of ketones is 1. The molecule has 3 nitrogen and oxygen atoms in total. The van der Waals surface area contributed by atoms with E-state index in [-0.39, 0.29) is 30.0 Å². The second-order valence-corrected chi connectivity index (χ2v) is 3.64. The normalized spacial score (nSPS) is 15.7. The molecule has 0 unspecified atom stereocenters. The van der Waals surface area contributed by atoms with Gasteiger partial charge in [-0.2, -0.15) is 13.2 Å². The van der Waals surface area contributed by atoms with Gasteiger partial charge < -0.3 is 4.90 Å². The van der Waals surface area contributed by atoms with E-state index in [0.29, 0.717) is 4.90 Å². The molecule has 1 aliphatic heterocycles.